The van der Waals surface area contributed by atoms with E-state index in [2.05, 4.69) is 5.32 Å². The topological polar surface area (TPSA) is 104 Å². The summed E-state index contributed by atoms with van der Waals surface area (Å²) in [7, 11) is 0. The van der Waals surface area contributed by atoms with Crippen molar-refractivity contribution < 1.29 is 19.8 Å². The fourth-order valence-electron chi connectivity index (χ4n) is 4.35. The highest BCUT2D eigenvalue weighted by Gasteiger charge is 2.28. The summed E-state index contributed by atoms with van der Waals surface area (Å²) in [6, 6.07) is 4.20. The third-order valence-electron chi connectivity index (χ3n) is 5.79. The predicted octanol–water partition coefficient (Wildman–Crippen LogP) is 3.78. The Bertz CT molecular complexity index is 903. The number of carboxylic acid groups (broad SMARTS) is 1. The minimum absolute atomic E-state index is 0.161. The second-order valence-electron chi connectivity index (χ2n) is 9.43. The Morgan fingerprint density at radius 3 is 2.45 bits per heavy atom. The number of hydrogen-bond acceptors (Lipinski definition) is 4. The molecule has 3 rings (SSSR count). The highest BCUT2D eigenvalue weighted by molar-refractivity contribution is 5.80. The minimum atomic E-state index is -1.07. The summed E-state index contributed by atoms with van der Waals surface area (Å²) in [4.78, 5) is 22.1. The zero-order valence-corrected chi connectivity index (χ0v) is 17.6. The molecule has 1 aliphatic carbocycles. The molecule has 0 atom stereocenters. The van der Waals surface area contributed by atoms with E-state index in [0.717, 1.165) is 54.0 Å². The Morgan fingerprint density at radius 2 is 1.90 bits per heavy atom. The van der Waals surface area contributed by atoms with E-state index in [0.29, 0.717) is 6.42 Å². The van der Waals surface area contributed by atoms with E-state index in [1.165, 1.54) is 0 Å². The van der Waals surface area contributed by atoms with Crippen molar-refractivity contribution in [3.8, 4) is 0 Å². The number of aliphatic hydroxyl groups is 1. The molecule has 1 aliphatic rings. The van der Waals surface area contributed by atoms with Crippen LogP contribution in [0.1, 0.15) is 70.5 Å². The molecule has 3 N–H and O–H groups in total. The monoisotopic (exact) mass is 401 g/mol. The number of fused-ring (bicyclic) bond motifs is 1. The molecule has 0 spiro atoms. The van der Waals surface area contributed by atoms with Gasteiger partial charge in [0.1, 0.15) is 6.29 Å². The number of carbonyl (C=O) groups is 2. The van der Waals surface area contributed by atoms with Gasteiger partial charge in [-0.25, -0.2) is 4.79 Å². The molecule has 29 heavy (non-hydrogen) atoms. The van der Waals surface area contributed by atoms with Crippen LogP contribution in [0.15, 0.2) is 18.3 Å². The van der Waals surface area contributed by atoms with E-state index in [9.17, 15) is 14.7 Å². The number of hydrogen-bond donors (Lipinski definition) is 3. The van der Waals surface area contributed by atoms with E-state index < -0.39 is 17.2 Å². The number of rotatable bonds is 6. The Morgan fingerprint density at radius 1 is 1.24 bits per heavy atom. The lowest BCUT2D eigenvalue weighted by atomic mass is 9.85. The second kappa shape index (κ2) is 7.78. The quantitative estimate of drug-likeness (QED) is 0.639. The van der Waals surface area contributed by atoms with Crippen LogP contribution in [0, 0.1) is 5.92 Å². The molecule has 1 saturated carbocycles. The maximum atomic E-state index is 11.1. The van der Waals surface area contributed by atoms with Crippen molar-refractivity contribution in [3.05, 3.63) is 29.5 Å². The van der Waals surface area contributed by atoms with E-state index in [1.54, 1.807) is 13.8 Å². The van der Waals surface area contributed by atoms with Gasteiger partial charge in [0.25, 0.3) is 0 Å². The van der Waals surface area contributed by atoms with Crippen LogP contribution < -0.4 is 5.32 Å². The molecule has 7 nitrogen and oxygen atoms in total. The largest absolute Gasteiger partial charge is 0.465 e. The number of aldehydes is 1. The average Bonchev–Trinajstić information content (AvgIpc) is 3.01. The molecule has 0 saturated heterocycles. The van der Waals surface area contributed by atoms with Gasteiger partial charge in [0, 0.05) is 23.0 Å². The minimum Gasteiger partial charge on any atom is -0.465 e. The van der Waals surface area contributed by atoms with Gasteiger partial charge in [-0.3, -0.25) is 4.68 Å². The van der Waals surface area contributed by atoms with Gasteiger partial charge in [-0.15, -0.1) is 0 Å². The SMILES string of the molecule is CC(C)(Cc1cc2cn(C3CCC(C=O)CC3)nc2cc1C(C)(C)O)NC(=O)O. The molecule has 2 aromatic rings. The number of carbonyl (C=O) groups excluding carboxylic acids is 1. The van der Waals surface area contributed by atoms with Gasteiger partial charge in [0.05, 0.1) is 17.2 Å². The van der Waals surface area contributed by atoms with Crippen LogP contribution in [-0.4, -0.2) is 37.9 Å². The van der Waals surface area contributed by atoms with Gasteiger partial charge in [-0.05, 0) is 83.1 Å². The first-order valence-corrected chi connectivity index (χ1v) is 10.2. The van der Waals surface area contributed by atoms with Crippen molar-refractivity contribution in [2.75, 3.05) is 0 Å². The normalized spacial score (nSPS) is 20.6. The molecule has 0 aliphatic heterocycles. The first kappa shape index (κ1) is 21.3. The number of benzene rings is 1. The van der Waals surface area contributed by atoms with Crippen LogP contribution in [0.25, 0.3) is 10.9 Å². The zero-order chi connectivity index (χ0) is 21.4. The van der Waals surface area contributed by atoms with Crippen LogP contribution in [0.5, 0.6) is 0 Å². The predicted molar refractivity (Wildman–Crippen MR) is 111 cm³/mol. The summed E-state index contributed by atoms with van der Waals surface area (Å²) >= 11 is 0. The lowest BCUT2D eigenvalue weighted by molar-refractivity contribution is -0.112. The van der Waals surface area contributed by atoms with Crippen molar-refractivity contribution >= 4 is 23.3 Å². The van der Waals surface area contributed by atoms with Gasteiger partial charge < -0.3 is 20.3 Å². The van der Waals surface area contributed by atoms with Gasteiger partial charge >= 0.3 is 6.09 Å². The van der Waals surface area contributed by atoms with Gasteiger partial charge in [-0.1, -0.05) is 0 Å². The Balaban J connectivity index is 1.96. The summed E-state index contributed by atoms with van der Waals surface area (Å²) < 4.78 is 1.99. The van der Waals surface area contributed by atoms with E-state index >= 15 is 0 Å². The summed E-state index contributed by atoms with van der Waals surface area (Å²) in [5, 5.41) is 28.1. The van der Waals surface area contributed by atoms with Crippen LogP contribution in [0.4, 0.5) is 4.79 Å². The molecule has 1 fully saturated rings. The Hall–Kier alpha value is -2.41. The molecule has 1 aromatic heterocycles. The number of aromatic nitrogens is 2. The van der Waals surface area contributed by atoms with Crippen molar-refractivity contribution in [2.45, 2.75) is 77.0 Å². The Labute approximate surface area is 171 Å². The van der Waals surface area contributed by atoms with Crippen molar-refractivity contribution in [2.24, 2.45) is 5.92 Å². The molecule has 1 amide bonds. The summed E-state index contributed by atoms with van der Waals surface area (Å²) in [5.41, 5.74) is 0.706. The number of nitrogens with one attached hydrogen (secondary N) is 1. The lowest BCUT2D eigenvalue weighted by Crippen LogP contribution is -2.44. The second-order valence-corrected chi connectivity index (χ2v) is 9.43. The van der Waals surface area contributed by atoms with Crippen LogP contribution in [0.3, 0.4) is 0 Å². The molecular weight excluding hydrogens is 370 g/mol. The smallest absolute Gasteiger partial charge is 0.405 e. The first-order chi connectivity index (χ1) is 13.5. The van der Waals surface area contributed by atoms with Gasteiger partial charge in [-0.2, -0.15) is 5.10 Å². The maximum Gasteiger partial charge on any atom is 0.405 e. The highest BCUT2D eigenvalue weighted by Crippen LogP contribution is 2.34. The maximum absolute atomic E-state index is 11.1. The first-order valence-electron chi connectivity index (χ1n) is 10.2. The lowest BCUT2D eigenvalue weighted by Gasteiger charge is -2.28. The highest BCUT2D eigenvalue weighted by atomic mass is 16.4. The Kier molecular flexibility index (Phi) is 5.72. The fraction of sp³-hybridized carbons (Fsp3) is 0.591. The van der Waals surface area contributed by atoms with Crippen LogP contribution in [0.2, 0.25) is 0 Å². The zero-order valence-electron chi connectivity index (χ0n) is 17.6. The summed E-state index contributed by atoms with van der Waals surface area (Å²) in [5.74, 6) is 0.161. The molecule has 0 radical (unpaired) electrons. The third-order valence-corrected chi connectivity index (χ3v) is 5.79. The van der Waals surface area contributed by atoms with Crippen LogP contribution >= 0.6 is 0 Å². The fourth-order valence-corrected chi connectivity index (χ4v) is 4.35. The molecule has 0 unspecified atom stereocenters. The molecule has 7 heteroatoms. The molecular formula is C22H31N3O4. The average molecular weight is 402 g/mol. The molecule has 158 valence electrons. The number of nitrogens with zero attached hydrogens (tertiary/aromatic N) is 2. The van der Waals surface area contributed by atoms with Crippen molar-refractivity contribution in [3.63, 3.8) is 0 Å². The number of amides is 1. The molecule has 1 heterocycles. The van der Waals surface area contributed by atoms with Crippen LogP contribution in [-0.2, 0) is 16.8 Å². The molecule has 1 aromatic carbocycles. The third kappa shape index (κ3) is 4.96. The molecule has 0 bridgehead atoms. The van der Waals surface area contributed by atoms with Gasteiger partial charge in [0.2, 0.25) is 0 Å². The van der Waals surface area contributed by atoms with Crippen molar-refractivity contribution in [1.82, 2.24) is 15.1 Å². The van der Waals surface area contributed by atoms with Crippen molar-refractivity contribution in [1.29, 1.82) is 0 Å². The van der Waals surface area contributed by atoms with E-state index in [1.807, 2.05) is 36.9 Å². The summed E-state index contributed by atoms with van der Waals surface area (Å²) in [6.07, 6.45) is 6.10. The summed E-state index contributed by atoms with van der Waals surface area (Å²) in [6.45, 7) is 7.11. The van der Waals surface area contributed by atoms with E-state index in [-0.39, 0.29) is 12.0 Å². The van der Waals surface area contributed by atoms with Gasteiger partial charge in [0.15, 0.2) is 0 Å². The van der Waals surface area contributed by atoms with E-state index in [4.69, 9.17) is 10.2 Å². The standard InChI is InChI=1S/C22H31N3O4/c1-21(2,23-20(27)28)11-15-9-16-12-25(17-7-5-14(13-26)6-8-17)24-19(16)10-18(15)22(3,4)29/h9-10,12-14,17,23,29H,5-8,11H2,1-4H3,(H,27,28).